The molecule has 1 N–H and O–H groups in total. The number of rotatable bonds is 5. The minimum atomic E-state index is -0.543. The van der Waals surface area contributed by atoms with Crippen LogP contribution >= 0.6 is 0 Å². The van der Waals surface area contributed by atoms with Crippen molar-refractivity contribution >= 4 is 17.7 Å². The molecule has 0 aliphatic carbocycles. The van der Waals surface area contributed by atoms with E-state index in [0.717, 1.165) is 11.3 Å². The van der Waals surface area contributed by atoms with Crippen LogP contribution in [0.4, 0.5) is 10.5 Å². The second kappa shape index (κ2) is 8.23. The zero-order chi connectivity index (χ0) is 19.2. The summed E-state index contributed by atoms with van der Waals surface area (Å²) in [6.07, 6.45) is -0.833. The van der Waals surface area contributed by atoms with Crippen LogP contribution in [0, 0.1) is 11.3 Å². The third kappa shape index (κ3) is 4.55. The lowest BCUT2D eigenvalue weighted by molar-refractivity contribution is -0.117. The monoisotopic (exact) mass is 365 g/mol. The van der Waals surface area contributed by atoms with E-state index in [1.807, 2.05) is 12.1 Å². The number of ether oxygens (including phenoxy) is 2. The maximum Gasteiger partial charge on any atom is 0.407 e. The number of hydrogen-bond acceptors (Lipinski definition) is 5. The molecule has 2 amide bonds. The second-order valence-corrected chi connectivity index (χ2v) is 6.08. The van der Waals surface area contributed by atoms with Crippen LogP contribution in [0.5, 0.6) is 5.75 Å². The van der Waals surface area contributed by atoms with Crippen molar-refractivity contribution in [1.29, 1.82) is 5.26 Å². The topological polar surface area (TPSA) is 91.7 Å². The van der Waals surface area contributed by atoms with Crippen LogP contribution in [0.3, 0.4) is 0 Å². The molecule has 2 aromatic rings. The number of nitriles is 1. The standard InChI is InChI=1S/C20H19N3O4/c1-22-20(25)27-18-10-19(24)23(12-18)16-5-7-17(8-6-16)26-13-15-4-2-3-14(9-15)11-21/h2-9,18H,10,12-13H2,1H3,(H,22,25). The lowest BCUT2D eigenvalue weighted by Crippen LogP contribution is -2.29. The smallest absolute Gasteiger partial charge is 0.407 e. The summed E-state index contributed by atoms with van der Waals surface area (Å²) in [7, 11) is 1.48. The molecular weight excluding hydrogens is 346 g/mol. The highest BCUT2D eigenvalue weighted by Crippen LogP contribution is 2.25. The molecule has 1 aliphatic heterocycles. The van der Waals surface area contributed by atoms with Crippen LogP contribution in [0.1, 0.15) is 17.5 Å². The molecule has 1 aliphatic rings. The molecule has 1 heterocycles. The van der Waals surface area contributed by atoms with E-state index in [-0.39, 0.29) is 12.3 Å². The normalized spacial score (nSPS) is 15.9. The fourth-order valence-corrected chi connectivity index (χ4v) is 2.83. The highest BCUT2D eigenvalue weighted by Gasteiger charge is 2.33. The Labute approximate surface area is 157 Å². The van der Waals surface area contributed by atoms with Crippen LogP contribution in [0.15, 0.2) is 48.5 Å². The molecule has 1 saturated heterocycles. The van der Waals surface area contributed by atoms with E-state index in [1.165, 1.54) is 7.05 Å². The van der Waals surface area contributed by atoms with Gasteiger partial charge in [0.2, 0.25) is 5.91 Å². The summed E-state index contributed by atoms with van der Waals surface area (Å²) in [5.74, 6) is 0.566. The molecule has 27 heavy (non-hydrogen) atoms. The Bertz CT molecular complexity index is 874. The predicted molar refractivity (Wildman–Crippen MR) is 98.2 cm³/mol. The Kier molecular flexibility index (Phi) is 5.57. The maximum atomic E-state index is 12.2. The second-order valence-electron chi connectivity index (χ2n) is 6.08. The molecule has 1 fully saturated rings. The van der Waals surface area contributed by atoms with Gasteiger partial charge in [0, 0.05) is 12.7 Å². The third-order valence-corrected chi connectivity index (χ3v) is 4.18. The van der Waals surface area contributed by atoms with E-state index >= 15 is 0 Å². The number of alkyl carbamates (subject to hydrolysis) is 1. The first kappa shape index (κ1) is 18.3. The fourth-order valence-electron chi connectivity index (χ4n) is 2.83. The van der Waals surface area contributed by atoms with Gasteiger partial charge < -0.3 is 19.7 Å². The van der Waals surface area contributed by atoms with Crippen LogP contribution < -0.4 is 15.0 Å². The molecule has 7 nitrogen and oxygen atoms in total. The Balaban J connectivity index is 1.59. The molecule has 0 saturated carbocycles. The van der Waals surface area contributed by atoms with Gasteiger partial charge in [-0.15, -0.1) is 0 Å². The number of hydrogen-bond donors (Lipinski definition) is 1. The van der Waals surface area contributed by atoms with Crippen molar-refractivity contribution in [2.45, 2.75) is 19.1 Å². The number of amides is 2. The van der Waals surface area contributed by atoms with Crippen molar-refractivity contribution in [3.8, 4) is 11.8 Å². The van der Waals surface area contributed by atoms with Crippen LogP contribution in [0.25, 0.3) is 0 Å². The van der Waals surface area contributed by atoms with Crippen LogP contribution in [-0.4, -0.2) is 31.7 Å². The number of anilines is 1. The van der Waals surface area contributed by atoms with Crippen molar-refractivity contribution < 1.29 is 19.1 Å². The lowest BCUT2D eigenvalue weighted by Gasteiger charge is -2.17. The predicted octanol–water partition coefficient (Wildman–Crippen LogP) is 2.60. The minimum absolute atomic E-state index is 0.0918. The van der Waals surface area contributed by atoms with Gasteiger partial charge in [0.1, 0.15) is 18.5 Å². The summed E-state index contributed by atoms with van der Waals surface area (Å²) in [5.41, 5.74) is 2.22. The largest absolute Gasteiger partial charge is 0.489 e. The summed E-state index contributed by atoms with van der Waals surface area (Å²) in [6, 6.07) is 16.5. The first-order chi connectivity index (χ1) is 13.1. The maximum absolute atomic E-state index is 12.2. The van der Waals surface area contributed by atoms with E-state index in [0.29, 0.717) is 24.5 Å². The van der Waals surface area contributed by atoms with E-state index in [1.54, 1.807) is 41.3 Å². The van der Waals surface area contributed by atoms with Gasteiger partial charge in [-0.1, -0.05) is 12.1 Å². The Morgan fingerprint density at radius 3 is 2.78 bits per heavy atom. The van der Waals surface area contributed by atoms with Gasteiger partial charge in [-0.05, 0) is 42.0 Å². The summed E-state index contributed by atoms with van der Waals surface area (Å²) in [4.78, 5) is 25.1. The quantitative estimate of drug-likeness (QED) is 0.879. The summed E-state index contributed by atoms with van der Waals surface area (Å²) in [5, 5.41) is 11.3. The van der Waals surface area contributed by atoms with Crippen molar-refractivity contribution in [3.05, 3.63) is 59.7 Å². The van der Waals surface area contributed by atoms with Gasteiger partial charge in [-0.2, -0.15) is 5.26 Å². The fraction of sp³-hybridized carbons (Fsp3) is 0.250. The Morgan fingerprint density at radius 2 is 2.07 bits per heavy atom. The molecule has 0 spiro atoms. The zero-order valence-electron chi connectivity index (χ0n) is 14.8. The van der Waals surface area contributed by atoms with E-state index in [2.05, 4.69) is 11.4 Å². The van der Waals surface area contributed by atoms with Gasteiger partial charge in [-0.3, -0.25) is 4.79 Å². The summed E-state index contributed by atoms with van der Waals surface area (Å²) >= 11 is 0. The van der Waals surface area contributed by atoms with Gasteiger partial charge in [-0.25, -0.2) is 4.79 Å². The van der Waals surface area contributed by atoms with Gasteiger partial charge in [0.15, 0.2) is 0 Å². The summed E-state index contributed by atoms with van der Waals surface area (Å²) in [6.45, 7) is 0.674. The number of benzene rings is 2. The zero-order valence-corrected chi connectivity index (χ0v) is 14.8. The Morgan fingerprint density at radius 1 is 1.30 bits per heavy atom. The van der Waals surface area contributed by atoms with Crippen molar-refractivity contribution in [1.82, 2.24) is 5.32 Å². The summed E-state index contributed by atoms with van der Waals surface area (Å²) < 4.78 is 10.9. The van der Waals surface area contributed by atoms with Gasteiger partial charge >= 0.3 is 6.09 Å². The number of nitrogens with one attached hydrogen (secondary N) is 1. The first-order valence-corrected chi connectivity index (χ1v) is 8.49. The molecule has 0 radical (unpaired) electrons. The number of carbonyl (C=O) groups is 2. The molecule has 7 heteroatoms. The van der Waals surface area contributed by atoms with Crippen molar-refractivity contribution in [2.24, 2.45) is 0 Å². The van der Waals surface area contributed by atoms with Crippen LogP contribution in [-0.2, 0) is 16.1 Å². The first-order valence-electron chi connectivity index (χ1n) is 8.49. The Hall–Kier alpha value is -3.53. The lowest BCUT2D eigenvalue weighted by atomic mass is 10.1. The molecule has 2 aromatic carbocycles. The third-order valence-electron chi connectivity index (χ3n) is 4.18. The van der Waals surface area contributed by atoms with Crippen molar-refractivity contribution in [3.63, 3.8) is 0 Å². The highest BCUT2D eigenvalue weighted by atomic mass is 16.6. The molecule has 1 atom stereocenters. The molecule has 3 rings (SSSR count). The van der Waals surface area contributed by atoms with Crippen molar-refractivity contribution in [2.75, 3.05) is 18.5 Å². The van der Waals surface area contributed by atoms with Crippen LogP contribution in [0.2, 0.25) is 0 Å². The molecule has 0 bridgehead atoms. The van der Waals surface area contributed by atoms with E-state index in [4.69, 9.17) is 14.7 Å². The number of carbonyl (C=O) groups excluding carboxylic acids is 2. The minimum Gasteiger partial charge on any atom is -0.489 e. The molecular formula is C20H19N3O4. The SMILES string of the molecule is CNC(=O)OC1CC(=O)N(c2ccc(OCc3cccc(C#N)c3)cc2)C1. The number of nitrogens with zero attached hydrogens (tertiary/aromatic N) is 2. The van der Waals surface area contributed by atoms with E-state index < -0.39 is 12.2 Å². The van der Waals surface area contributed by atoms with Gasteiger partial charge in [0.05, 0.1) is 24.6 Å². The average Bonchev–Trinajstić information content (AvgIpc) is 3.06. The molecule has 0 aromatic heterocycles. The van der Waals surface area contributed by atoms with E-state index in [9.17, 15) is 9.59 Å². The average molecular weight is 365 g/mol. The molecule has 138 valence electrons. The highest BCUT2D eigenvalue weighted by molar-refractivity contribution is 5.96. The van der Waals surface area contributed by atoms with Gasteiger partial charge in [0.25, 0.3) is 0 Å². The molecule has 1 unspecified atom stereocenters.